The van der Waals surface area contributed by atoms with Crippen molar-refractivity contribution in [3.8, 4) is 0 Å². The van der Waals surface area contributed by atoms with E-state index in [1.54, 1.807) is 0 Å². The lowest BCUT2D eigenvalue weighted by Crippen LogP contribution is -2.53. The molecule has 2 N–H and O–H groups in total. The predicted molar refractivity (Wildman–Crippen MR) is 63.2 cm³/mol. The number of carbonyl (C=O) groups is 1. The zero-order valence-corrected chi connectivity index (χ0v) is 10.3. The van der Waals surface area contributed by atoms with Crippen molar-refractivity contribution in [2.45, 2.75) is 19.4 Å². The number of amides is 1. The van der Waals surface area contributed by atoms with Gasteiger partial charge in [-0.3, -0.25) is 9.69 Å². The highest BCUT2D eigenvalue weighted by Gasteiger charge is 2.25. The van der Waals surface area contributed by atoms with Crippen LogP contribution in [0.15, 0.2) is 0 Å². The molecule has 0 aliphatic carbocycles. The maximum atomic E-state index is 11.8. The van der Waals surface area contributed by atoms with Gasteiger partial charge in [0, 0.05) is 32.2 Å². The summed E-state index contributed by atoms with van der Waals surface area (Å²) < 4.78 is 5.16. The molecule has 1 heterocycles. The summed E-state index contributed by atoms with van der Waals surface area (Å²) in [5.41, 5.74) is 5.30. The molecule has 0 radical (unpaired) electrons. The van der Waals surface area contributed by atoms with Gasteiger partial charge in [0.05, 0.1) is 6.61 Å². The van der Waals surface area contributed by atoms with Crippen LogP contribution in [0.2, 0.25) is 0 Å². The Morgan fingerprint density at radius 1 is 1.50 bits per heavy atom. The normalized spacial score (nSPS) is 22.4. The molecule has 5 heteroatoms. The van der Waals surface area contributed by atoms with E-state index in [0.717, 1.165) is 26.1 Å². The summed E-state index contributed by atoms with van der Waals surface area (Å²) >= 11 is 0. The Bertz CT molecular complexity index is 223. The minimum absolute atomic E-state index is 0.0833. The molecular weight excluding hydrogens is 206 g/mol. The van der Waals surface area contributed by atoms with E-state index in [1.807, 2.05) is 4.90 Å². The van der Waals surface area contributed by atoms with Gasteiger partial charge < -0.3 is 15.4 Å². The summed E-state index contributed by atoms with van der Waals surface area (Å²) in [7, 11) is 2.11. The molecule has 1 unspecified atom stereocenters. The second-order valence-electron chi connectivity index (χ2n) is 4.22. The van der Waals surface area contributed by atoms with E-state index in [4.69, 9.17) is 10.5 Å². The second-order valence-corrected chi connectivity index (χ2v) is 4.22. The Balaban J connectivity index is 2.33. The van der Waals surface area contributed by atoms with E-state index in [-0.39, 0.29) is 12.5 Å². The van der Waals surface area contributed by atoms with Crippen molar-refractivity contribution in [2.75, 3.05) is 46.4 Å². The highest BCUT2D eigenvalue weighted by atomic mass is 16.5. The Morgan fingerprint density at radius 3 is 2.88 bits per heavy atom. The van der Waals surface area contributed by atoms with E-state index >= 15 is 0 Å². The molecule has 1 amide bonds. The van der Waals surface area contributed by atoms with Crippen molar-refractivity contribution in [2.24, 2.45) is 5.73 Å². The molecule has 0 spiro atoms. The number of hydrogen-bond acceptors (Lipinski definition) is 4. The zero-order valence-electron chi connectivity index (χ0n) is 10.3. The molecule has 94 valence electrons. The van der Waals surface area contributed by atoms with E-state index in [0.29, 0.717) is 19.2 Å². The number of nitrogens with two attached hydrogens (primary N) is 1. The topological polar surface area (TPSA) is 58.8 Å². The third kappa shape index (κ3) is 3.73. The van der Waals surface area contributed by atoms with Crippen molar-refractivity contribution in [3.05, 3.63) is 0 Å². The molecule has 0 bridgehead atoms. The fourth-order valence-electron chi connectivity index (χ4n) is 1.95. The Morgan fingerprint density at radius 2 is 2.25 bits per heavy atom. The predicted octanol–water partition coefficient (Wildman–Crippen LogP) is -0.486. The Kier molecular flexibility index (Phi) is 5.73. The molecule has 16 heavy (non-hydrogen) atoms. The van der Waals surface area contributed by atoms with E-state index < -0.39 is 0 Å². The number of piperazine rings is 1. The van der Waals surface area contributed by atoms with Crippen LogP contribution in [-0.2, 0) is 9.53 Å². The molecule has 1 rings (SSSR count). The monoisotopic (exact) mass is 229 g/mol. The number of rotatable bonds is 5. The van der Waals surface area contributed by atoms with Gasteiger partial charge in [0.15, 0.2) is 0 Å². The molecule has 1 fully saturated rings. The van der Waals surface area contributed by atoms with Crippen LogP contribution in [0.25, 0.3) is 0 Å². The zero-order chi connectivity index (χ0) is 12.0. The van der Waals surface area contributed by atoms with E-state index in [2.05, 4.69) is 18.9 Å². The molecule has 0 aromatic carbocycles. The third-order valence-corrected chi connectivity index (χ3v) is 3.09. The van der Waals surface area contributed by atoms with Gasteiger partial charge in [-0.05, 0) is 13.5 Å². The fourth-order valence-corrected chi connectivity index (χ4v) is 1.95. The lowest BCUT2D eigenvalue weighted by atomic mass is 10.1. The standard InChI is InChI=1S/C11H23N3O2/c1-3-10-8-14(6-5-13(10)2)11(15)9-16-7-4-12/h10H,3-9,12H2,1-2H3. The van der Waals surface area contributed by atoms with E-state index in [1.165, 1.54) is 0 Å². The number of carbonyl (C=O) groups excluding carboxylic acids is 1. The minimum atomic E-state index is 0.0833. The van der Waals surface area contributed by atoms with Gasteiger partial charge in [-0.25, -0.2) is 0 Å². The maximum absolute atomic E-state index is 11.8. The quantitative estimate of drug-likeness (QED) is 0.647. The molecular formula is C11H23N3O2. The van der Waals surface area contributed by atoms with Crippen molar-refractivity contribution in [1.82, 2.24) is 9.80 Å². The highest BCUT2D eigenvalue weighted by molar-refractivity contribution is 5.77. The summed E-state index contributed by atoms with van der Waals surface area (Å²) in [5, 5.41) is 0. The van der Waals surface area contributed by atoms with Gasteiger partial charge in [0.2, 0.25) is 5.91 Å². The van der Waals surface area contributed by atoms with Gasteiger partial charge in [0.1, 0.15) is 6.61 Å². The molecule has 1 saturated heterocycles. The second kappa shape index (κ2) is 6.83. The first-order valence-corrected chi connectivity index (χ1v) is 5.94. The van der Waals surface area contributed by atoms with Gasteiger partial charge in [0.25, 0.3) is 0 Å². The van der Waals surface area contributed by atoms with Crippen LogP contribution >= 0.6 is 0 Å². The van der Waals surface area contributed by atoms with Crippen molar-refractivity contribution >= 4 is 5.91 Å². The number of nitrogens with zero attached hydrogens (tertiary/aromatic N) is 2. The molecule has 0 aromatic rings. The fraction of sp³-hybridized carbons (Fsp3) is 0.909. The summed E-state index contributed by atoms with van der Waals surface area (Å²) in [5.74, 6) is 0.0833. The van der Waals surface area contributed by atoms with Crippen LogP contribution in [0.1, 0.15) is 13.3 Å². The Labute approximate surface area is 97.5 Å². The van der Waals surface area contributed by atoms with Crippen LogP contribution in [-0.4, -0.2) is 68.2 Å². The lowest BCUT2D eigenvalue weighted by molar-refractivity contribution is -0.138. The van der Waals surface area contributed by atoms with Crippen molar-refractivity contribution < 1.29 is 9.53 Å². The van der Waals surface area contributed by atoms with Crippen LogP contribution in [0.5, 0.6) is 0 Å². The average Bonchev–Trinajstić information content (AvgIpc) is 2.30. The van der Waals surface area contributed by atoms with Gasteiger partial charge in [-0.2, -0.15) is 0 Å². The molecule has 5 nitrogen and oxygen atoms in total. The largest absolute Gasteiger partial charge is 0.370 e. The molecule has 0 saturated carbocycles. The Hall–Kier alpha value is -0.650. The summed E-state index contributed by atoms with van der Waals surface area (Å²) in [6.45, 7) is 5.80. The lowest BCUT2D eigenvalue weighted by Gasteiger charge is -2.39. The SMILES string of the molecule is CCC1CN(C(=O)COCCN)CCN1C. The van der Waals surface area contributed by atoms with Crippen LogP contribution in [0.3, 0.4) is 0 Å². The van der Waals surface area contributed by atoms with Gasteiger partial charge in [-0.15, -0.1) is 0 Å². The highest BCUT2D eigenvalue weighted by Crippen LogP contribution is 2.10. The molecule has 1 aliphatic heterocycles. The van der Waals surface area contributed by atoms with Crippen molar-refractivity contribution in [3.63, 3.8) is 0 Å². The third-order valence-electron chi connectivity index (χ3n) is 3.09. The van der Waals surface area contributed by atoms with Gasteiger partial charge >= 0.3 is 0 Å². The summed E-state index contributed by atoms with van der Waals surface area (Å²) in [6.07, 6.45) is 1.07. The van der Waals surface area contributed by atoms with E-state index in [9.17, 15) is 4.79 Å². The number of likely N-dealkylation sites (N-methyl/N-ethyl adjacent to an activating group) is 1. The maximum Gasteiger partial charge on any atom is 0.248 e. The van der Waals surface area contributed by atoms with Crippen LogP contribution < -0.4 is 5.73 Å². The first kappa shape index (κ1) is 13.4. The van der Waals surface area contributed by atoms with Crippen LogP contribution in [0.4, 0.5) is 0 Å². The van der Waals surface area contributed by atoms with Crippen molar-refractivity contribution in [1.29, 1.82) is 0 Å². The summed E-state index contributed by atoms with van der Waals surface area (Å²) in [6, 6.07) is 0.479. The molecule has 1 atom stereocenters. The molecule has 1 aliphatic rings. The molecule has 0 aromatic heterocycles. The minimum Gasteiger partial charge on any atom is -0.370 e. The first-order chi connectivity index (χ1) is 7.69. The van der Waals surface area contributed by atoms with Crippen LogP contribution in [0, 0.1) is 0 Å². The smallest absolute Gasteiger partial charge is 0.248 e. The van der Waals surface area contributed by atoms with Gasteiger partial charge in [-0.1, -0.05) is 6.92 Å². The average molecular weight is 229 g/mol. The number of hydrogen-bond donors (Lipinski definition) is 1. The first-order valence-electron chi connectivity index (χ1n) is 5.94. The number of ether oxygens (including phenoxy) is 1. The summed E-state index contributed by atoms with van der Waals surface area (Å²) in [4.78, 5) is 16.0.